The number of Topliss-reactive ketones (excluding diaryl/α,β-unsaturated/α-hetero) is 1. The first-order valence-corrected chi connectivity index (χ1v) is 6.85. The molecule has 0 aliphatic rings. The first-order valence-electron chi connectivity index (χ1n) is 6.09. The highest BCUT2D eigenvalue weighted by atomic mass is 35.5. The normalized spacial score (nSPS) is 11.1. The van der Waals surface area contributed by atoms with Gasteiger partial charge in [-0.2, -0.15) is 0 Å². The third-order valence-electron chi connectivity index (χ3n) is 2.15. The predicted molar refractivity (Wildman–Crippen MR) is 79.4 cm³/mol. The fourth-order valence-electron chi connectivity index (χ4n) is 1.49. The maximum atomic E-state index is 11.7. The second-order valence-electron chi connectivity index (χ2n) is 5.35. The number of nitrogens with one attached hydrogen (secondary N) is 1. The van der Waals surface area contributed by atoms with Crippen LogP contribution >= 0.6 is 23.2 Å². The zero-order valence-corrected chi connectivity index (χ0v) is 13.1. The molecule has 1 aromatic rings. The minimum atomic E-state index is -0.616. The first kappa shape index (κ1) is 16.8. The smallest absolute Gasteiger partial charge is 0.408 e. The molecule has 1 amide bonds. The molecule has 6 heteroatoms. The SMILES string of the molecule is CC(C)(C)OC(=O)NCC(=O)Cc1cc(Cl)cc(Cl)c1. The molecule has 0 aromatic heterocycles. The Hall–Kier alpha value is -1.26. The van der Waals surface area contributed by atoms with Gasteiger partial charge < -0.3 is 10.1 Å². The van der Waals surface area contributed by atoms with E-state index in [1.165, 1.54) is 0 Å². The van der Waals surface area contributed by atoms with Gasteiger partial charge in [0.1, 0.15) is 5.60 Å². The Labute approximate surface area is 128 Å². The number of hydrogen-bond donors (Lipinski definition) is 1. The third-order valence-corrected chi connectivity index (χ3v) is 2.59. The van der Waals surface area contributed by atoms with Gasteiger partial charge in [0.05, 0.1) is 6.54 Å². The average Bonchev–Trinajstić information content (AvgIpc) is 2.22. The van der Waals surface area contributed by atoms with Gasteiger partial charge in [0.2, 0.25) is 0 Å². The Morgan fingerprint density at radius 2 is 1.70 bits per heavy atom. The van der Waals surface area contributed by atoms with Crippen LogP contribution in [0.1, 0.15) is 26.3 Å². The molecule has 0 aliphatic carbocycles. The number of ether oxygens (including phenoxy) is 1. The molecule has 20 heavy (non-hydrogen) atoms. The number of alkyl carbamates (subject to hydrolysis) is 1. The van der Waals surface area contributed by atoms with E-state index in [9.17, 15) is 9.59 Å². The van der Waals surface area contributed by atoms with E-state index in [0.717, 1.165) is 0 Å². The summed E-state index contributed by atoms with van der Waals surface area (Å²) in [6.45, 7) is 5.16. The second kappa shape index (κ2) is 6.95. The maximum absolute atomic E-state index is 11.7. The van der Waals surface area contributed by atoms with Gasteiger partial charge in [0, 0.05) is 16.5 Å². The van der Waals surface area contributed by atoms with Crippen LogP contribution in [0, 0.1) is 0 Å². The van der Waals surface area contributed by atoms with Crippen molar-refractivity contribution in [3.05, 3.63) is 33.8 Å². The van der Waals surface area contributed by atoms with E-state index in [2.05, 4.69) is 5.32 Å². The molecule has 1 rings (SSSR count). The molecule has 0 unspecified atom stereocenters. The minimum absolute atomic E-state index is 0.0982. The standard InChI is InChI=1S/C14H17Cl2NO3/c1-14(2,3)20-13(19)17-8-12(18)6-9-4-10(15)7-11(16)5-9/h4-5,7H,6,8H2,1-3H3,(H,17,19). The Kier molecular flexibility index (Phi) is 5.84. The quantitative estimate of drug-likeness (QED) is 0.922. The van der Waals surface area contributed by atoms with E-state index in [-0.39, 0.29) is 18.7 Å². The second-order valence-corrected chi connectivity index (χ2v) is 6.22. The zero-order valence-electron chi connectivity index (χ0n) is 11.6. The van der Waals surface area contributed by atoms with Crippen LogP contribution in [-0.2, 0) is 16.0 Å². The van der Waals surface area contributed by atoms with Crippen LogP contribution in [0.15, 0.2) is 18.2 Å². The van der Waals surface area contributed by atoms with Crippen molar-refractivity contribution in [3.8, 4) is 0 Å². The Balaban J connectivity index is 2.46. The molecule has 0 radical (unpaired) electrons. The third kappa shape index (κ3) is 6.78. The van der Waals surface area contributed by atoms with Gasteiger partial charge >= 0.3 is 6.09 Å². The molecular formula is C14H17Cl2NO3. The van der Waals surface area contributed by atoms with Crippen molar-refractivity contribution < 1.29 is 14.3 Å². The minimum Gasteiger partial charge on any atom is -0.444 e. The Morgan fingerprint density at radius 3 is 2.20 bits per heavy atom. The number of ketones is 1. The van der Waals surface area contributed by atoms with Crippen molar-refractivity contribution in [3.63, 3.8) is 0 Å². The van der Waals surface area contributed by atoms with E-state index in [1.54, 1.807) is 39.0 Å². The number of amides is 1. The van der Waals surface area contributed by atoms with Crippen LogP contribution in [0.3, 0.4) is 0 Å². The summed E-state index contributed by atoms with van der Waals surface area (Å²) in [5, 5.41) is 3.36. The summed E-state index contributed by atoms with van der Waals surface area (Å²) in [5.74, 6) is -0.158. The summed E-state index contributed by atoms with van der Waals surface area (Å²) in [6, 6.07) is 4.92. The molecule has 0 saturated carbocycles. The molecular weight excluding hydrogens is 301 g/mol. The first-order chi connectivity index (χ1) is 9.15. The number of halogens is 2. The van der Waals surface area contributed by atoms with Crippen LogP contribution in [0.25, 0.3) is 0 Å². The summed E-state index contributed by atoms with van der Waals surface area (Å²) in [4.78, 5) is 23.1. The highest BCUT2D eigenvalue weighted by Crippen LogP contribution is 2.19. The molecule has 0 atom stereocenters. The summed E-state index contributed by atoms with van der Waals surface area (Å²) < 4.78 is 5.03. The lowest BCUT2D eigenvalue weighted by molar-refractivity contribution is -0.117. The topological polar surface area (TPSA) is 55.4 Å². The molecule has 0 fully saturated rings. The van der Waals surface area contributed by atoms with E-state index in [4.69, 9.17) is 27.9 Å². The van der Waals surface area contributed by atoms with Gasteiger partial charge in [-0.15, -0.1) is 0 Å². The molecule has 1 N–H and O–H groups in total. The predicted octanol–water partition coefficient (Wildman–Crippen LogP) is 3.63. The van der Waals surface area contributed by atoms with Gasteiger partial charge in [-0.3, -0.25) is 4.79 Å². The lowest BCUT2D eigenvalue weighted by atomic mass is 10.1. The summed E-state index contributed by atoms with van der Waals surface area (Å²) in [6.07, 6.45) is -0.467. The van der Waals surface area contributed by atoms with Crippen molar-refractivity contribution in [2.75, 3.05) is 6.54 Å². The van der Waals surface area contributed by atoms with Crippen molar-refractivity contribution in [1.29, 1.82) is 0 Å². The maximum Gasteiger partial charge on any atom is 0.408 e. The van der Waals surface area contributed by atoms with Crippen LogP contribution in [0.4, 0.5) is 4.79 Å². The highest BCUT2D eigenvalue weighted by Gasteiger charge is 2.16. The van der Waals surface area contributed by atoms with Crippen molar-refractivity contribution in [2.24, 2.45) is 0 Å². The number of carbonyl (C=O) groups is 2. The summed E-state index contributed by atoms with van der Waals surface area (Å²) in [7, 11) is 0. The number of carbonyl (C=O) groups excluding carboxylic acids is 2. The van der Waals surface area contributed by atoms with E-state index in [1.807, 2.05) is 0 Å². The van der Waals surface area contributed by atoms with E-state index < -0.39 is 11.7 Å². The molecule has 0 bridgehead atoms. The molecule has 0 heterocycles. The molecule has 0 spiro atoms. The van der Waals surface area contributed by atoms with Crippen LogP contribution in [-0.4, -0.2) is 24.0 Å². The van der Waals surface area contributed by atoms with Gasteiger partial charge in [0.15, 0.2) is 5.78 Å². The Bertz CT molecular complexity index is 489. The van der Waals surface area contributed by atoms with Crippen LogP contribution in [0.2, 0.25) is 10.0 Å². The van der Waals surface area contributed by atoms with Crippen LogP contribution in [0.5, 0.6) is 0 Å². The van der Waals surface area contributed by atoms with Gasteiger partial charge in [-0.1, -0.05) is 23.2 Å². The lowest BCUT2D eigenvalue weighted by Crippen LogP contribution is -2.35. The molecule has 0 aliphatic heterocycles. The number of benzene rings is 1. The van der Waals surface area contributed by atoms with Gasteiger partial charge in [-0.05, 0) is 44.5 Å². The number of hydrogen-bond acceptors (Lipinski definition) is 3. The molecule has 1 aromatic carbocycles. The monoisotopic (exact) mass is 317 g/mol. The van der Waals surface area contributed by atoms with Crippen molar-refractivity contribution >= 4 is 35.1 Å². The average molecular weight is 318 g/mol. The highest BCUT2D eigenvalue weighted by molar-refractivity contribution is 6.34. The van der Waals surface area contributed by atoms with E-state index in [0.29, 0.717) is 15.6 Å². The fourth-order valence-corrected chi connectivity index (χ4v) is 2.06. The molecule has 110 valence electrons. The zero-order chi connectivity index (χ0) is 15.3. The number of rotatable bonds is 4. The fraction of sp³-hybridized carbons (Fsp3) is 0.429. The van der Waals surface area contributed by atoms with Crippen molar-refractivity contribution in [2.45, 2.75) is 32.8 Å². The molecule has 4 nitrogen and oxygen atoms in total. The van der Waals surface area contributed by atoms with Gasteiger partial charge in [0.25, 0.3) is 0 Å². The summed E-state index contributed by atoms with van der Waals surface area (Å²) >= 11 is 11.7. The lowest BCUT2D eigenvalue weighted by Gasteiger charge is -2.19. The van der Waals surface area contributed by atoms with Crippen molar-refractivity contribution in [1.82, 2.24) is 5.32 Å². The summed E-state index contributed by atoms with van der Waals surface area (Å²) in [5.41, 5.74) is 0.117. The molecule has 0 saturated heterocycles. The van der Waals surface area contributed by atoms with E-state index >= 15 is 0 Å². The largest absolute Gasteiger partial charge is 0.444 e. The van der Waals surface area contributed by atoms with Gasteiger partial charge in [-0.25, -0.2) is 4.79 Å². The van der Waals surface area contributed by atoms with Crippen LogP contribution < -0.4 is 5.32 Å². The Morgan fingerprint density at radius 1 is 1.15 bits per heavy atom.